The quantitative estimate of drug-likeness (QED) is 0.608. The summed E-state index contributed by atoms with van der Waals surface area (Å²) in [7, 11) is 0. The SMILES string of the molecule is O=C(O)c1c2cc3ccncc3c1-2. The first kappa shape index (κ1) is 6.60. The Morgan fingerprint density at radius 2 is 2.31 bits per heavy atom. The van der Waals surface area contributed by atoms with Crippen molar-refractivity contribution < 1.29 is 9.90 Å². The van der Waals surface area contributed by atoms with Crippen molar-refractivity contribution in [2.45, 2.75) is 0 Å². The van der Waals surface area contributed by atoms with Crippen LogP contribution in [0.1, 0.15) is 10.4 Å². The number of hydrogen-bond acceptors (Lipinski definition) is 2. The Bertz CT molecular complexity index is 546. The van der Waals surface area contributed by atoms with Crippen molar-refractivity contribution in [3.05, 3.63) is 30.1 Å². The lowest BCUT2D eigenvalue weighted by Gasteiger charge is -1.86. The van der Waals surface area contributed by atoms with E-state index in [0.717, 1.165) is 21.9 Å². The molecular weight excluding hydrogens is 166 g/mol. The molecule has 0 atom stereocenters. The number of rotatable bonds is 1. The van der Waals surface area contributed by atoms with E-state index >= 15 is 0 Å². The number of hydrogen-bond donors (Lipinski definition) is 1. The molecule has 1 N–H and O–H groups in total. The maximum atomic E-state index is 10.7. The molecule has 1 heterocycles. The molecule has 13 heavy (non-hydrogen) atoms. The second-order valence-electron chi connectivity index (χ2n) is 3.08. The van der Waals surface area contributed by atoms with E-state index in [1.54, 1.807) is 12.4 Å². The van der Waals surface area contributed by atoms with Crippen molar-refractivity contribution in [2.75, 3.05) is 0 Å². The summed E-state index contributed by atoms with van der Waals surface area (Å²) in [4.78, 5) is 14.6. The van der Waals surface area contributed by atoms with Gasteiger partial charge in [-0.2, -0.15) is 0 Å². The molecule has 0 aromatic carbocycles. The number of carboxylic acid groups (broad SMARTS) is 1. The summed E-state index contributed by atoms with van der Waals surface area (Å²) < 4.78 is 0. The van der Waals surface area contributed by atoms with Crippen molar-refractivity contribution >= 4 is 16.7 Å². The minimum Gasteiger partial charge on any atom is -0.478 e. The van der Waals surface area contributed by atoms with Gasteiger partial charge in [-0.15, -0.1) is 0 Å². The van der Waals surface area contributed by atoms with Crippen LogP contribution in [-0.2, 0) is 0 Å². The second kappa shape index (κ2) is 1.88. The van der Waals surface area contributed by atoms with Crippen molar-refractivity contribution in [2.24, 2.45) is 0 Å². The molecule has 0 unspecified atom stereocenters. The predicted molar refractivity (Wildman–Crippen MR) is 47.7 cm³/mol. The van der Waals surface area contributed by atoms with Crippen LogP contribution >= 0.6 is 0 Å². The van der Waals surface area contributed by atoms with E-state index in [9.17, 15) is 4.79 Å². The topological polar surface area (TPSA) is 50.2 Å². The molecule has 1 aromatic heterocycles. The van der Waals surface area contributed by atoms with Crippen LogP contribution in [0.4, 0.5) is 0 Å². The lowest BCUT2D eigenvalue weighted by molar-refractivity contribution is 0.0703. The van der Waals surface area contributed by atoms with Crippen LogP contribution in [0.2, 0.25) is 0 Å². The van der Waals surface area contributed by atoms with Crippen LogP contribution in [0.15, 0.2) is 24.5 Å². The molecular formula is C10H5NO2. The Balaban J connectivity index is 2.37. The molecule has 0 fully saturated rings. The third kappa shape index (κ3) is 0.685. The number of aromatic nitrogens is 1. The molecule has 3 heteroatoms. The number of pyridine rings is 1. The molecule has 0 aliphatic heterocycles. The number of aromatic carboxylic acids is 1. The van der Waals surface area contributed by atoms with E-state index in [2.05, 4.69) is 4.98 Å². The average molecular weight is 171 g/mol. The highest BCUT2D eigenvalue weighted by molar-refractivity contribution is 6.24. The highest BCUT2D eigenvalue weighted by Gasteiger charge is 2.33. The molecule has 1 aromatic rings. The molecule has 0 saturated carbocycles. The Kier molecular flexibility index (Phi) is 0.953. The van der Waals surface area contributed by atoms with E-state index < -0.39 is 5.97 Å². The van der Waals surface area contributed by atoms with E-state index in [1.165, 1.54) is 0 Å². The zero-order chi connectivity index (χ0) is 9.00. The zero-order valence-electron chi connectivity index (χ0n) is 6.61. The summed E-state index contributed by atoms with van der Waals surface area (Å²) >= 11 is 0. The Labute approximate surface area is 73.6 Å². The minimum atomic E-state index is -0.837. The highest BCUT2D eigenvalue weighted by Crippen LogP contribution is 2.49. The van der Waals surface area contributed by atoms with Gasteiger partial charge in [-0.05, 0) is 23.1 Å². The van der Waals surface area contributed by atoms with E-state index in [4.69, 9.17) is 5.11 Å². The fourth-order valence-electron chi connectivity index (χ4n) is 1.74. The third-order valence-electron chi connectivity index (χ3n) is 2.36. The number of nitrogens with zero attached hydrogens (tertiary/aromatic N) is 1. The van der Waals surface area contributed by atoms with Gasteiger partial charge in [0, 0.05) is 23.3 Å². The molecule has 0 radical (unpaired) electrons. The third-order valence-corrected chi connectivity index (χ3v) is 2.36. The zero-order valence-corrected chi connectivity index (χ0v) is 6.61. The maximum absolute atomic E-state index is 10.7. The molecule has 2 aliphatic rings. The van der Waals surface area contributed by atoms with Crippen molar-refractivity contribution in [1.29, 1.82) is 0 Å². The Hall–Kier alpha value is -1.90. The largest absolute Gasteiger partial charge is 0.478 e. The monoisotopic (exact) mass is 171 g/mol. The van der Waals surface area contributed by atoms with E-state index in [1.807, 2.05) is 12.1 Å². The summed E-state index contributed by atoms with van der Waals surface area (Å²) in [5.74, 6) is -0.837. The standard InChI is InChI=1S/C10H5NO2/c12-10(13)9-6-3-5-1-2-11-4-7(5)8(6)9/h1-4H,(H,12,13). The van der Waals surface area contributed by atoms with Gasteiger partial charge in [0.1, 0.15) is 0 Å². The highest BCUT2D eigenvalue weighted by atomic mass is 16.4. The van der Waals surface area contributed by atoms with Gasteiger partial charge in [0.05, 0.1) is 5.56 Å². The molecule has 3 nitrogen and oxygen atoms in total. The van der Waals surface area contributed by atoms with Gasteiger partial charge in [-0.1, -0.05) is 0 Å². The van der Waals surface area contributed by atoms with Crippen LogP contribution in [0, 0.1) is 0 Å². The second-order valence-corrected chi connectivity index (χ2v) is 3.08. The number of carbonyl (C=O) groups is 1. The van der Waals surface area contributed by atoms with E-state index in [-0.39, 0.29) is 0 Å². The lowest BCUT2D eigenvalue weighted by Crippen LogP contribution is -1.86. The van der Waals surface area contributed by atoms with Gasteiger partial charge in [0.2, 0.25) is 0 Å². The molecule has 0 spiro atoms. The number of fused-ring (bicyclic) bond motifs is 3. The Morgan fingerprint density at radius 3 is 3.08 bits per heavy atom. The van der Waals surface area contributed by atoms with Gasteiger partial charge in [-0.3, -0.25) is 4.98 Å². The van der Waals surface area contributed by atoms with Gasteiger partial charge in [0.15, 0.2) is 0 Å². The first-order valence-corrected chi connectivity index (χ1v) is 3.93. The smallest absolute Gasteiger partial charge is 0.336 e. The Morgan fingerprint density at radius 1 is 1.46 bits per heavy atom. The molecule has 2 aliphatic carbocycles. The summed E-state index contributed by atoms with van der Waals surface area (Å²) in [6.07, 6.45) is 3.42. The molecule has 3 rings (SSSR count). The van der Waals surface area contributed by atoms with E-state index in [0.29, 0.717) is 5.56 Å². The fourth-order valence-corrected chi connectivity index (χ4v) is 1.74. The lowest BCUT2D eigenvalue weighted by atomic mass is 10.2. The van der Waals surface area contributed by atoms with Gasteiger partial charge >= 0.3 is 5.97 Å². The van der Waals surface area contributed by atoms with Crippen LogP contribution < -0.4 is 0 Å². The van der Waals surface area contributed by atoms with Crippen molar-refractivity contribution in [3.8, 4) is 11.1 Å². The van der Waals surface area contributed by atoms with Crippen LogP contribution in [-0.4, -0.2) is 16.1 Å². The summed E-state index contributed by atoms with van der Waals surface area (Å²) in [6.45, 7) is 0. The molecule has 0 bridgehead atoms. The molecule has 0 saturated heterocycles. The fraction of sp³-hybridized carbons (Fsp3) is 0. The molecule has 0 amide bonds. The van der Waals surface area contributed by atoms with Crippen LogP contribution in [0.5, 0.6) is 0 Å². The molecule has 62 valence electrons. The van der Waals surface area contributed by atoms with Gasteiger partial charge < -0.3 is 5.11 Å². The summed E-state index contributed by atoms with van der Waals surface area (Å²) in [5.41, 5.74) is 2.20. The predicted octanol–water partition coefficient (Wildman–Crippen LogP) is 1.91. The number of benzene rings is 1. The van der Waals surface area contributed by atoms with Crippen LogP contribution in [0.3, 0.4) is 0 Å². The summed E-state index contributed by atoms with van der Waals surface area (Å²) in [6, 6.07) is 3.79. The number of carboxylic acids is 1. The first-order valence-electron chi connectivity index (χ1n) is 3.93. The van der Waals surface area contributed by atoms with Crippen molar-refractivity contribution in [1.82, 2.24) is 4.98 Å². The van der Waals surface area contributed by atoms with Gasteiger partial charge in [-0.25, -0.2) is 4.79 Å². The first-order chi connectivity index (χ1) is 6.29. The average Bonchev–Trinajstić information content (AvgIpc) is 2.71. The maximum Gasteiger partial charge on any atom is 0.336 e. The summed E-state index contributed by atoms with van der Waals surface area (Å²) in [5, 5.41) is 10.8. The van der Waals surface area contributed by atoms with Gasteiger partial charge in [0.25, 0.3) is 0 Å². The normalized spacial score (nSPS) is 11.7. The van der Waals surface area contributed by atoms with Crippen LogP contribution in [0.25, 0.3) is 21.9 Å². The minimum absolute atomic E-state index is 0.459. The van der Waals surface area contributed by atoms with Crippen molar-refractivity contribution in [3.63, 3.8) is 0 Å².